The molecule has 5 nitrogen and oxygen atoms in total. The largest absolute Gasteiger partial charge is 0.492 e. The minimum absolute atomic E-state index is 0.0207. The molecular formula is C17H21NO4. The van der Waals surface area contributed by atoms with Crippen LogP contribution in [0, 0.1) is 17.8 Å². The third-order valence-corrected chi connectivity index (χ3v) is 4.55. The Morgan fingerprint density at radius 2 is 2.00 bits per heavy atom. The monoisotopic (exact) mass is 303 g/mol. The van der Waals surface area contributed by atoms with Gasteiger partial charge < -0.3 is 14.7 Å². The van der Waals surface area contributed by atoms with E-state index in [0.717, 1.165) is 11.3 Å². The Morgan fingerprint density at radius 3 is 2.77 bits per heavy atom. The molecule has 3 unspecified atom stereocenters. The van der Waals surface area contributed by atoms with E-state index < -0.39 is 11.9 Å². The second kappa shape index (κ2) is 5.99. The van der Waals surface area contributed by atoms with Gasteiger partial charge >= 0.3 is 5.97 Å². The summed E-state index contributed by atoms with van der Waals surface area (Å²) < 4.78 is 5.69. The van der Waals surface area contributed by atoms with Crippen LogP contribution in [0.5, 0.6) is 5.75 Å². The molecule has 1 N–H and O–H groups in total. The number of benzene rings is 1. The summed E-state index contributed by atoms with van der Waals surface area (Å²) >= 11 is 0. The lowest BCUT2D eigenvalue weighted by molar-refractivity contribution is -0.148. The summed E-state index contributed by atoms with van der Waals surface area (Å²) in [6.45, 7) is 3.33. The number of aliphatic carboxylic acids is 1. The summed E-state index contributed by atoms with van der Waals surface area (Å²) in [5.74, 6) is -0.390. The third-order valence-electron chi connectivity index (χ3n) is 4.55. The van der Waals surface area contributed by atoms with Gasteiger partial charge in [0.05, 0.1) is 11.8 Å². The van der Waals surface area contributed by atoms with Crippen molar-refractivity contribution < 1.29 is 19.4 Å². The number of amides is 1. The topological polar surface area (TPSA) is 66.8 Å². The maximum atomic E-state index is 12.7. The smallest absolute Gasteiger partial charge is 0.308 e. The van der Waals surface area contributed by atoms with E-state index in [1.165, 1.54) is 0 Å². The predicted octanol–water partition coefficient (Wildman–Crippen LogP) is 1.81. The van der Waals surface area contributed by atoms with Crippen LogP contribution in [-0.2, 0) is 16.0 Å². The van der Waals surface area contributed by atoms with Gasteiger partial charge in [-0.05, 0) is 30.4 Å². The van der Waals surface area contributed by atoms with E-state index in [0.29, 0.717) is 32.5 Å². The fourth-order valence-corrected chi connectivity index (χ4v) is 3.46. The van der Waals surface area contributed by atoms with Crippen molar-refractivity contribution in [3.05, 3.63) is 29.8 Å². The number of carboxylic acid groups (broad SMARTS) is 1. The second-order valence-corrected chi connectivity index (χ2v) is 6.44. The standard InChI is InChI=1S/C17H21NO4/c1-11-6-13(17(20)21)9-18(8-11)16(19)14-7-12-4-2-3-5-15(12)22-10-14/h2-5,11,13-14H,6-10H2,1H3,(H,20,21). The number of nitrogens with zero attached hydrogens (tertiary/aromatic N) is 1. The number of carboxylic acids is 1. The molecule has 1 aromatic rings. The van der Waals surface area contributed by atoms with Crippen molar-refractivity contribution in [2.75, 3.05) is 19.7 Å². The first-order valence-corrected chi connectivity index (χ1v) is 7.77. The van der Waals surface area contributed by atoms with Gasteiger partial charge in [-0.25, -0.2) is 0 Å². The zero-order valence-corrected chi connectivity index (χ0v) is 12.7. The number of fused-ring (bicyclic) bond motifs is 1. The lowest BCUT2D eigenvalue weighted by Crippen LogP contribution is -2.49. The van der Waals surface area contributed by atoms with E-state index in [2.05, 4.69) is 0 Å². The van der Waals surface area contributed by atoms with Crippen molar-refractivity contribution >= 4 is 11.9 Å². The molecule has 0 bridgehead atoms. The lowest BCUT2D eigenvalue weighted by atomic mass is 9.88. The van der Waals surface area contributed by atoms with Crippen molar-refractivity contribution in [2.24, 2.45) is 17.8 Å². The molecular weight excluding hydrogens is 282 g/mol. The Hall–Kier alpha value is -2.04. The van der Waals surface area contributed by atoms with Gasteiger partial charge in [-0.1, -0.05) is 25.1 Å². The van der Waals surface area contributed by atoms with E-state index in [-0.39, 0.29) is 17.7 Å². The maximum Gasteiger partial charge on any atom is 0.308 e. The molecule has 0 aromatic heterocycles. The highest BCUT2D eigenvalue weighted by atomic mass is 16.5. The summed E-state index contributed by atoms with van der Waals surface area (Å²) in [5, 5.41) is 9.23. The van der Waals surface area contributed by atoms with Gasteiger partial charge in [0.2, 0.25) is 5.91 Å². The first-order valence-electron chi connectivity index (χ1n) is 7.77. The molecule has 0 radical (unpaired) electrons. The van der Waals surface area contributed by atoms with E-state index in [1.807, 2.05) is 31.2 Å². The number of likely N-dealkylation sites (tertiary alicyclic amines) is 1. The Labute approximate surface area is 129 Å². The minimum atomic E-state index is -0.811. The number of carbonyl (C=O) groups excluding carboxylic acids is 1. The Balaban J connectivity index is 1.70. The molecule has 0 saturated carbocycles. The van der Waals surface area contributed by atoms with Crippen LogP contribution in [0.15, 0.2) is 24.3 Å². The second-order valence-electron chi connectivity index (χ2n) is 6.44. The fourth-order valence-electron chi connectivity index (χ4n) is 3.46. The number of para-hydroxylation sites is 1. The van der Waals surface area contributed by atoms with Gasteiger partial charge in [0, 0.05) is 13.1 Å². The van der Waals surface area contributed by atoms with Gasteiger partial charge in [0.25, 0.3) is 0 Å². The van der Waals surface area contributed by atoms with Gasteiger partial charge in [0.15, 0.2) is 0 Å². The van der Waals surface area contributed by atoms with Crippen LogP contribution >= 0.6 is 0 Å². The highest BCUT2D eigenvalue weighted by Gasteiger charge is 2.36. The quantitative estimate of drug-likeness (QED) is 0.905. The lowest BCUT2D eigenvalue weighted by Gasteiger charge is -2.37. The number of rotatable bonds is 2. The normalized spacial score (nSPS) is 27.7. The van der Waals surface area contributed by atoms with Gasteiger partial charge in [-0.15, -0.1) is 0 Å². The van der Waals surface area contributed by atoms with Crippen LogP contribution in [0.2, 0.25) is 0 Å². The van der Waals surface area contributed by atoms with Crippen molar-refractivity contribution in [1.82, 2.24) is 4.90 Å². The van der Waals surface area contributed by atoms with Crippen LogP contribution in [0.25, 0.3) is 0 Å². The van der Waals surface area contributed by atoms with E-state index >= 15 is 0 Å². The molecule has 0 aliphatic carbocycles. The van der Waals surface area contributed by atoms with Crippen LogP contribution in [0.3, 0.4) is 0 Å². The fraction of sp³-hybridized carbons (Fsp3) is 0.529. The SMILES string of the molecule is CC1CC(C(=O)O)CN(C(=O)C2COc3ccccc3C2)C1. The highest BCUT2D eigenvalue weighted by molar-refractivity contribution is 5.81. The zero-order valence-electron chi connectivity index (χ0n) is 12.7. The van der Waals surface area contributed by atoms with Gasteiger partial charge in [-0.2, -0.15) is 0 Å². The number of hydrogen-bond acceptors (Lipinski definition) is 3. The van der Waals surface area contributed by atoms with Crippen molar-refractivity contribution in [2.45, 2.75) is 19.8 Å². The maximum absolute atomic E-state index is 12.7. The summed E-state index contributed by atoms with van der Waals surface area (Å²) in [6, 6.07) is 7.76. The summed E-state index contributed by atoms with van der Waals surface area (Å²) in [5.41, 5.74) is 1.05. The number of carbonyl (C=O) groups is 2. The summed E-state index contributed by atoms with van der Waals surface area (Å²) in [4.78, 5) is 25.7. The van der Waals surface area contributed by atoms with Crippen LogP contribution in [0.4, 0.5) is 0 Å². The summed E-state index contributed by atoms with van der Waals surface area (Å²) in [6.07, 6.45) is 1.31. The molecule has 1 amide bonds. The zero-order chi connectivity index (χ0) is 15.7. The van der Waals surface area contributed by atoms with Crippen molar-refractivity contribution in [1.29, 1.82) is 0 Å². The minimum Gasteiger partial charge on any atom is -0.492 e. The third kappa shape index (κ3) is 2.93. The van der Waals surface area contributed by atoms with Crippen molar-refractivity contribution in [3.8, 4) is 5.75 Å². The Morgan fingerprint density at radius 1 is 1.23 bits per heavy atom. The molecule has 1 aromatic carbocycles. The van der Waals surface area contributed by atoms with E-state index in [4.69, 9.17) is 4.74 Å². The van der Waals surface area contributed by atoms with E-state index in [9.17, 15) is 14.7 Å². The molecule has 2 aliphatic rings. The predicted molar refractivity (Wildman–Crippen MR) is 80.6 cm³/mol. The number of hydrogen-bond donors (Lipinski definition) is 1. The molecule has 3 atom stereocenters. The van der Waals surface area contributed by atoms with Gasteiger partial charge in [0.1, 0.15) is 12.4 Å². The molecule has 0 spiro atoms. The highest BCUT2D eigenvalue weighted by Crippen LogP contribution is 2.29. The Kier molecular flexibility index (Phi) is 4.05. The number of ether oxygens (including phenoxy) is 1. The molecule has 2 heterocycles. The van der Waals surface area contributed by atoms with Crippen LogP contribution in [-0.4, -0.2) is 41.6 Å². The average Bonchev–Trinajstić information content (AvgIpc) is 2.53. The molecule has 5 heteroatoms. The molecule has 118 valence electrons. The summed E-state index contributed by atoms with van der Waals surface area (Å²) in [7, 11) is 0. The average molecular weight is 303 g/mol. The van der Waals surface area contributed by atoms with Crippen LogP contribution in [0.1, 0.15) is 18.9 Å². The molecule has 22 heavy (non-hydrogen) atoms. The molecule has 1 saturated heterocycles. The molecule has 3 rings (SSSR count). The Bertz CT molecular complexity index is 586. The van der Waals surface area contributed by atoms with Gasteiger partial charge in [-0.3, -0.25) is 9.59 Å². The molecule has 2 aliphatic heterocycles. The van der Waals surface area contributed by atoms with Crippen LogP contribution < -0.4 is 4.74 Å². The first-order chi connectivity index (χ1) is 10.5. The first kappa shape index (κ1) is 14.9. The number of piperidine rings is 1. The van der Waals surface area contributed by atoms with E-state index in [1.54, 1.807) is 4.90 Å². The van der Waals surface area contributed by atoms with Crippen molar-refractivity contribution in [3.63, 3.8) is 0 Å². The molecule has 1 fully saturated rings.